The average Bonchev–Trinajstić information content (AvgIpc) is 2.26. The van der Waals surface area contributed by atoms with Crippen LogP contribution in [0.15, 0.2) is 18.2 Å². The monoisotopic (exact) mass is 237 g/mol. The first-order chi connectivity index (χ1) is 7.93. The molecule has 1 aromatic rings. The molecule has 0 saturated carbocycles. The molecule has 0 radical (unpaired) electrons. The second kappa shape index (κ2) is 3.98. The molecule has 17 heavy (non-hydrogen) atoms. The van der Waals surface area contributed by atoms with Crippen LogP contribution >= 0.6 is 0 Å². The topological polar surface area (TPSA) is 36.4 Å². The Hall–Kier alpha value is -1.65. The van der Waals surface area contributed by atoms with Crippen molar-refractivity contribution < 1.29 is 9.18 Å². The van der Waals surface area contributed by atoms with Crippen molar-refractivity contribution in [2.24, 2.45) is 0 Å². The number of halogens is 1. The molecule has 92 valence electrons. The minimum Gasteiger partial charge on any atom is -0.342 e. The van der Waals surface area contributed by atoms with E-state index >= 15 is 0 Å². The number of carbonyl (C=O) groups is 1. The lowest BCUT2D eigenvalue weighted by Crippen LogP contribution is -2.62. The largest absolute Gasteiger partial charge is 0.342 e. The van der Waals surface area contributed by atoms with Gasteiger partial charge in [0.1, 0.15) is 11.4 Å². The minimum atomic E-state index is -0.687. The summed E-state index contributed by atoms with van der Waals surface area (Å²) in [5, 5.41) is 0. The normalized spacial score (nSPS) is 19.6. The van der Waals surface area contributed by atoms with Crippen molar-refractivity contribution in [3.8, 4) is 0 Å². The first kappa shape index (κ1) is 11.8. The van der Waals surface area contributed by atoms with Gasteiger partial charge < -0.3 is 9.80 Å². The number of pyridine rings is 1. The zero-order valence-corrected chi connectivity index (χ0v) is 10.3. The number of carbonyl (C=O) groups excluding carboxylic acids is 1. The Kier molecular flexibility index (Phi) is 2.77. The van der Waals surface area contributed by atoms with E-state index in [-0.39, 0.29) is 5.91 Å². The van der Waals surface area contributed by atoms with Crippen molar-refractivity contribution in [2.75, 3.05) is 25.0 Å². The lowest BCUT2D eigenvalue weighted by atomic mass is 9.98. The fraction of sp³-hybridized carbons (Fsp3) is 0.500. The molecule has 0 spiro atoms. The molecule has 1 aliphatic heterocycles. The third-order valence-electron chi connectivity index (χ3n) is 3.18. The van der Waals surface area contributed by atoms with E-state index in [9.17, 15) is 9.18 Å². The Balaban J connectivity index is 2.36. The van der Waals surface area contributed by atoms with E-state index in [0.29, 0.717) is 18.9 Å². The van der Waals surface area contributed by atoms with E-state index < -0.39 is 11.5 Å². The van der Waals surface area contributed by atoms with Crippen LogP contribution in [0, 0.1) is 5.95 Å². The van der Waals surface area contributed by atoms with Crippen LogP contribution in [0.2, 0.25) is 0 Å². The van der Waals surface area contributed by atoms with Crippen molar-refractivity contribution >= 4 is 11.7 Å². The molecule has 1 aliphatic rings. The van der Waals surface area contributed by atoms with Crippen LogP contribution in [0.1, 0.15) is 13.8 Å². The highest BCUT2D eigenvalue weighted by Crippen LogP contribution is 2.26. The Labute approximate surface area is 100 Å². The van der Waals surface area contributed by atoms with Crippen molar-refractivity contribution in [1.82, 2.24) is 9.88 Å². The van der Waals surface area contributed by atoms with E-state index in [4.69, 9.17) is 0 Å². The van der Waals surface area contributed by atoms with Gasteiger partial charge in [0.05, 0.1) is 0 Å². The van der Waals surface area contributed by atoms with Gasteiger partial charge in [-0.1, -0.05) is 6.07 Å². The van der Waals surface area contributed by atoms with Crippen LogP contribution < -0.4 is 4.90 Å². The van der Waals surface area contributed by atoms with Crippen LogP contribution in [0.5, 0.6) is 0 Å². The van der Waals surface area contributed by atoms with Gasteiger partial charge in [0.15, 0.2) is 0 Å². The molecule has 0 N–H and O–H groups in total. The summed E-state index contributed by atoms with van der Waals surface area (Å²) in [6.45, 7) is 4.95. The quantitative estimate of drug-likeness (QED) is 0.690. The number of anilines is 1. The Morgan fingerprint density at radius 1 is 1.35 bits per heavy atom. The number of amides is 1. The number of hydrogen-bond acceptors (Lipinski definition) is 3. The first-order valence-electron chi connectivity index (χ1n) is 5.58. The number of nitrogens with zero attached hydrogens (tertiary/aromatic N) is 3. The summed E-state index contributed by atoms with van der Waals surface area (Å²) in [6.07, 6.45) is 0. The number of likely N-dealkylation sites (N-methyl/N-ethyl adjacent to an activating group) is 1. The van der Waals surface area contributed by atoms with Crippen LogP contribution in [0.4, 0.5) is 10.2 Å². The molecule has 0 aromatic carbocycles. The molecule has 1 fully saturated rings. The molecular weight excluding hydrogens is 221 g/mol. The van der Waals surface area contributed by atoms with Crippen molar-refractivity contribution in [1.29, 1.82) is 0 Å². The van der Waals surface area contributed by atoms with E-state index in [1.54, 1.807) is 24.1 Å². The second-order valence-electron chi connectivity index (χ2n) is 4.76. The smallest absolute Gasteiger partial charge is 0.247 e. The van der Waals surface area contributed by atoms with Crippen molar-refractivity contribution in [3.05, 3.63) is 24.1 Å². The number of aromatic nitrogens is 1. The lowest BCUT2D eigenvalue weighted by molar-refractivity contribution is -0.136. The van der Waals surface area contributed by atoms with E-state index in [0.717, 1.165) is 0 Å². The van der Waals surface area contributed by atoms with Crippen LogP contribution in [-0.4, -0.2) is 41.5 Å². The standard InChI is InChI=1S/C12H16FN3O/c1-12(2)11(17)15(3)7-8-16(12)10-6-4-5-9(13)14-10/h4-6H,7-8H2,1-3H3. The third kappa shape index (κ3) is 1.97. The molecule has 1 aromatic heterocycles. The number of rotatable bonds is 1. The second-order valence-corrected chi connectivity index (χ2v) is 4.76. The highest BCUT2D eigenvalue weighted by molar-refractivity contribution is 5.89. The van der Waals surface area contributed by atoms with Gasteiger partial charge in [-0.15, -0.1) is 0 Å². The highest BCUT2D eigenvalue weighted by Gasteiger charge is 2.41. The van der Waals surface area contributed by atoms with Gasteiger partial charge >= 0.3 is 0 Å². The average molecular weight is 237 g/mol. The summed E-state index contributed by atoms with van der Waals surface area (Å²) in [5.41, 5.74) is -0.687. The predicted octanol–water partition coefficient (Wildman–Crippen LogP) is 1.28. The van der Waals surface area contributed by atoms with Gasteiger partial charge in [-0.05, 0) is 26.0 Å². The first-order valence-corrected chi connectivity index (χ1v) is 5.58. The molecule has 0 bridgehead atoms. The summed E-state index contributed by atoms with van der Waals surface area (Å²) in [5.74, 6) is 0.0101. The number of hydrogen-bond donors (Lipinski definition) is 0. The van der Waals surface area contributed by atoms with Crippen molar-refractivity contribution in [3.63, 3.8) is 0 Å². The summed E-state index contributed by atoms with van der Waals surface area (Å²) in [7, 11) is 1.78. The molecular formula is C12H16FN3O. The zero-order valence-electron chi connectivity index (χ0n) is 10.3. The summed E-state index contributed by atoms with van der Waals surface area (Å²) >= 11 is 0. The molecule has 1 saturated heterocycles. The van der Waals surface area contributed by atoms with Gasteiger partial charge in [0.25, 0.3) is 0 Å². The number of piperazine rings is 1. The van der Waals surface area contributed by atoms with Crippen LogP contribution in [0.3, 0.4) is 0 Å². The highest BCUT2D eigenvalue weighted by atomic mass is 19.1. The van der Waals surface area contributed by atoms with Crippen LogP contribution in [-0.2, 0) is 4.79 Å². The molecule has 2 heterocycles. The third-order valence-corrected chi connectivity index (χ3v) is 3.18. The molecule has 0 atom stereocenters. The Morgan fingerprint density at radius 3 is 2.71 bits per heavy atom. The maximum Gasteiger partial charge on any atom is 0.247 e. The van der Waals surface area contributed by atoms with Crippen LogP contribution in [0.25, 0.3) is 0 Å². The van der Waals surface area contributed by atoms with Gasteiger partial charge in [-0.25, -0.2) is 4.98 Å². The molecule has 5 heteroatoms. The van der Waals surface area contributed by atoms with Gasteiger partial charge in [-0.2, -0.15) is 4.39 Å². The molecule has 4 nitrogen and oxygen atoms in total. The van der Waals surface area contributed by atoms with Gasteiger partial charge in [0.2, 0.25) is 11.9 Å². The fourth-order valence-corrected chi connectivity index (χ4v) is 2.16. The SMILES string of the molecule is CN1CCN(c2cccc(F)n2)C(C)(C)C1=O. The summed E-state index contributed by atoms with van der Waals surface area (Å²) < 4.78 is 13.1. The predicted molar refractivity (Wildman–Crippen MR) is 63.3 cm³/mol. The van der Waals surface area contributed by atoms with E-state index in [2.05, 4.69) is 4.98 Å². The van der Waals surface area contributed by atoms with Gasteiger partial charge in [-0.3, -0.25) is 4.79 Å². The Morgan fingerprint density at radius 2 is 2.06 bits per heavy atom. The minimum absolute atomic E-state index is 0.0230. The summed E-state index contributed by atoms with van der Waals surface area (Å²) in [6, 6.07) is 4.63. The summed E-state index contributed by atoms with van der Waals surface area (Å²) in [4.78, 5) is 19.5. The maximum absolute atomic E-state index is 13.1. The molecule has 2 rings (SSSR count). The Bertz CT molecular complexity index is 447. The van der Waals surface area contributed by atoms with Crippen molar-refractivity contribution in [2.45, 2.75) is 19.4 Å². The lowest BCUT2D eigenvalue weighted by Gasteiger charge is -2.45. The molecule has 0 unspecified atom stereocenters. The molecule has 1 amide bonds. The van der Waals surface area contributed by atoms with E-state index in [1.807, 2.05) is 18.7 Å². The zero-order chi connectivity index (χ0) is 12.6. The molecule has 0 aliphatic carbocycles. The van der Waals surface area contributed by atoms with Gasteiger partial charge in [0, 0.05) is 20.1 Å². The fourth-order valence-electron chi connectivity index (χ4n) is 2.16. The van der Waals surface area contributed by atoms with E-state index in [1.165, 1.54) is 6.07 Å². The maximum atomic E-state index is 13.1.